The van der Waals surface area contributed by atoms with Crippen LogP contribution in [0.1, 0.15) is 34.5 Å². The Morgan fingerprint density at radius 1 is 1.11 bits per heavy atom. The summed E-state index contributed by atoms with van der Waals surface area (Å²) >= 11 is 0. The summed E-state index contributed by atoms with van der Waals surface area (Å²) in [4.78, 5) is 12.1. The molecule has 0 amide bonds. The third-order valence-electron chi connectivity index (χ3n) is 6.56. The van der Waals surface area contributed by atoms with Crippen LogP contribution < -0.4 is 15.8 Å². The minimum Gasteiger partial charge on any atom is -0.477 e. The van der Waals surface area contributed by atoms with Crippen LogP contribution in [0.4, 0.5) is 5.69 Å². The fourth-order valence-electron chi connectivity index (χ4n) is 4.91. The molecule has 5 N–H and O–H groups in total. The number of nitrogens with two attached hydrogens (primary N) is 1. The average molecular weight is 493 g/mol. The quantitative estimate of drug-likeness (QED) is 0.298. The molecule has 1 saturated heterocycles. The maximum absolute atomic E-state index is 12.9. The number of carboxylic acids is 1. The first-order valence-electron chi connectivity index (χ1n) is 11.6. The molecule has 1 atom stereocenters. The van der Waals surface area contributed by atoms with Crippen LogP contribution in [0, 0.1) is 0 Å². The molecule has 8 nitrogen and oxygen atoms in total. The van der Waals surface area contributed by atoms with Crippen LogP contribution >= 0.6 is 0 Å². The second-order valence-corrected chi connectivity index (χ2v) is 10.8. The minimum atomic E-state index is -3.56. The minimum absolute atomic E-state index is 0.0163. The molecule has 2 heterocycles. The Labute approximate surface area is 203 Å². The number of hydrogen-bond acceptors (Lipinski definition) is 5. The predicted molar refractivity (Wildman–Crippen MR) is 138 cm³/mol. The number of carboxylic acid groups (broad SMARTS) is 1. The van der Waals surface area contributed by atoms with Crippen molar-refractivity contribution in [2.24, 2.45) is 5.73 Å². The molecule has 9 heteroatoms. The Bertz CT molecular complexity index is 1520. The van der Waals surface area contributed by atoms with Crippen LogP contribution in [0.25, 0.3) is 21.7 Å². The Hall–Kier alpha value is -3.40. The number of carbonyl (C=O) groups is 1. The van der Waals surface area contributed by atoms with Crippen molar-refractivity contribution in [2.75, 3.05) is 17.0 Å². The lowest BCUT2D eigenvalue weighted by atomic mass is 10.0. The Kier molecular flexibility index (Phi) is 6.22. The van der Waals surface area contributed by atoms with Crippen LogP contribution in [0.2, 0.25) is 0 Å². The van der Waals surface area contributed by atoms with Crippen LogP contribution in [-0.4, -0.2) is 42.4 Å². The second-order valence-electron chi connectivity index (χ2n) is 9.05. The highest BCUT2D eigenvalue weighted by molar-refractivity contribution is 7.92. The molecular weight excluding hydrogens is 464 g/mol. The number of aromatic carboxylic acids is 1. The summed E-state index contributed by atoms with van der Waals surface area (Å²) in [6.07, 6.45) is 1.82. The monoisotopic (exact) mass is 492 g/mol. The van der Waals surface area contributed by atoms with Gasteiger partial charge in [0.15, 0.2) is 0 Å². The Morgan fingerprint density at radius 2 is 1.94 bits per heavy atom. The zero-order valence-electron chi connectivity index (χ0n) is 19.2. The van der Waals surface area contributed by atoms with Gasteiger partial charge in [0.25, 0.3) is 0 Å². The van der Waals surface area contributed by atoms with Crippen LogP contribution in [0.3, 0.4) is 0 Å². The van der Waals surface area contributed by atoms with Gasteiger partial charge in [-0.15, -0.1) is 0 Å². The highest BCUT2D eigenvalue weighted by atomic mass is 32.2. The van der Waals surface area contributed by atoms with Crippen LogP contribution in [-0.2, 0) is 23.1 Å². The number of nitrogens with one attached hydrogen (secondary N) is 2. The molecule has 1 aliphatic heterocycles. The van der Waals surface area contributed by atoms with E-state index < -0.39 is 16.0 Å². The highest BCUT2D eigenvalue weighted by Crippen LogP contribution is 2.29. The zero-order valence-corrected chi connectivity index (χ0v) is 20.0. The van der Waals surface area contributed by atoms with E-state index in [9.17, 15) is 18.3 Å². The third kappa shape index (κ3) is 4.88. The lowest BCUT2D eigenvalue weighted by Gasteiger charge is -2.16. The maximum Gasteiger partial charge on any atom is 0.352 e. The molecule has 35 heavy (non-hydrogen) atoms. The number of nitrogens with zero attached hydrogens (tertiary/aromatic N) is 1. The van der Waals surface area contributed by atoms with Crippen molar-refractivity contribution in [3.63, 3.8) is 0 Å². The molecule has 0 radical (unpaired) electrons. The van der Waals surface area contributed by atoms with E-state index in [4.69, 9.17) is 5.73 Å². The standard InChI is InChI=1S/C26H28N4O4S/c27-14-17-7-8-19-13-25(26(31)32)30(24(19)10-17)15-20-12-22(11-18-4-1-2-6-23(18)20)29-35(33,34)16-21-5-3-9-28-21/h1-2,4,6-8,10-13,21,28-29H,3,5,9,14-16,27H2,(H,31,32). The van der Waals surface area contributed by atoms with Crippen LogP contribution in [0.5, 0.6) is 0 Å². The van der Waals surface area contributed by atoms with E-state index in [1.807, 2.05) is 48.5 Å². The molecule has 182 valence electrons. The normalized spacial score (nSPS) is 16.2. The lowest BCUT2D eigenvalue weighted by Crippen LogP contribution is -2.32. The second kappa shape index (κ2) is 9.33. The van der Waals surface area contributed by atoms with Gasteiger partial charge in [0.2, 0.25) is 10.0 Å². The Morgan fingerprint density at radius 3 is 2.69 bits per heavy atom. The van der Waals surface area contributed by atoms with Gasteiger partial charge in [-0.2, -0.15) is 0 Å². The first-order chi connectivity index (χ1) is 16.8. The largest absolute Gasteiger partial charge is 0.477 e. The van der Waals surface area contributed by atoms with Gasteiger partial charge >= 0.3 is 5.97 Å². The lowest BCUT2D eigenvalue weighted by molar-refractivity contribution is 0.0686. The summed E-state index contributed by atoms with van der Waals surface area (Å²) in [6.45, 7) is 1.45. The molecule has 1 fully saturated rings. The van der Waals surface area contributed by atoms with Gasteiger partial charge in [-0.25, -0.2) is 13.2 Å². The van der Waals surface area contributed by atoms with E-state index in [-0.39, 0.29) is 24.0 Å². The van der Waals surface area contributed by atoms with Gasteiger partial charge < -0.3 is 20.7 Å². The molecule has 3 aromatic carbocycles. The van der Waals surface area contributed by atoms with E-state index in [0.29, 0.717) is 12.2 Å². The molecule has 1 aromatic heterocycles. The van der Waals surface area contributed by atoms with Crippen molar-refractivity contribution in [3.8, 4) is 0 Å². The summed E-state index contributed by atoms with van der Waals surface area (Å²) < 4.78 is 30.2. The third-order valence-corrected chi connectivity index (χ3v) is 7.94. The van der Waals surface area contributed by atoms with E-state index in [0.717, 1.165) is 52.2 Å². The van der Waals surface area contributed by atoms with E-state index in [1.54, 1.807) is 16.7 Å². The highest BCUT2D eigenvalue weighted by Gasteiger charge is 2.23. The van der Waals surface area contributed by atoms with Crippen molar-refractivity contribution in [3.05, 3.63) is 77.5 Å². The first kappa shape index (κ1) is 23.3. The van der Waals surface area contributed by atoms with E-state index in [1.165, 1.54) is 0 Å². The van der Waals surface area contributed by atoms with Crippen LogP contribution in [0.15, 0.2) is 60.7 Å². The van der Waals surface area contributed by atoms with Crippen molar-refractivity contribution >= 4 is 43.4 Å². The summed E-state index contributed by atoms with van der Waals surface area (Å²) in [5.74, 6) is -1.01. The SMILES string of the molecule is NCc1ccc2cc(C(=O)O)n(Cc3cc(NS(=O)(=O)CC4CCCN4)cc4ccccc34)c2c1. The number of sulfonamides is 1. The molecule has 4 aromatic rings. The number of fused-ring (bicyclic) bond motifs is 2. The molecule has 5 rings (SSSR count). The van der Waals surface area contributed by atoms with E-state index >= 15 is 0 Å². The molecule has 0 bridgehead atoms. The number of benzene rings is 3. The number of anilines is 1. The van der Waals surface area contributed by atoms with Gasteiger partial charge in [0.1, 0.15) is 5.69 Å². The van der Waals surface area contributed by atoms with Crippen molar-refractivity contribution in [1.82, 2.24) is 9.88 Å². The first-order valence-corrected chi connectivity index (χ1v) is 13.3. The summed E-state index contributed by atoms with van der Waals surface area (Å²) in [7, 11) is -3.56. The summed E-state index contributed by atoms with van der Waals surface area (Å²) in [5, 5.41) is 15.7. The molecule has 1 unspecified atom stereocenters. The Balaban J connectivity index is 1.57. The summed E-state index contributed by atoms with van der Waals surface area (Å²) in [6, 6.07) is 18.6. The van der Waals surface area contributed by atoms with Gasteiger partial charge in [-0.1, -0.05) is 36.4 Å². The molecular formula is C26H28N4O4S. The molecule has 0 saturated carbocycles. The number of rotatable bonds is 8. The zero-order chi connectivity index (χ0) is 24.6. The topological polar surface area (TPSA) is 126 Å². The van der Waals surface area contributed by atoms with Crippen molar-refractivity contribution < 1.29 is 18.3 Å². The fraction of sp³-hybridized carbons (Fsp3) is 0.269. The van der Waals surface area contributed by atoms with Gasteiger partial charge in [-0.05, 0) is 65.6 Å². The fourth-order valence-corrected chi connectivity index (χ4v) is 6.28. The van der Waals surface area contributed by atoms with Gasteiger partial charge in [0.05, 0.1) is 5.75 Å². The summed E-state index contributed by atoms with van der Waals surface area (Å²) in [5.41, 5.74) is 8.95. The van der Waals surface area contributed by atoms with Gasteiger partial charge in [-0.3, -0.25) is 4.72 Å². The average Bonchev–Trinajstić information content (AvgIpc) is 3.46. The molecule has 0 spiro atoms. The molecule has 1 aliphatic rings. The molecule has 0 aliphatic carbocycles. The van der Waals surface area contributed by atoms with Gasteiger partial charge in [0, 0.05) is 35.7 Å². The predicted octanol–water partition coefficient (Wildman–Crippen LogP) is 3.49. The van der Waals surface area contributed by atoms with E-state index in [2.05, 4.69) is 10.0 Å². The maximum atomic E-state index is 12.9. The number of hydrogen-bond donors (Lipinski definition) is 4. The van der Waals surface area contributed by atoms with Crippen molar-refractivity contribution in [1.29, 1.82) is 0 Å². The smallest absolute Gasteiger partial charge is 0.352 e. The number of aromatic nitrogens is 1. The van der Waals surface area contributed by atoms with Crippen molar-refractivity contribution in [2.45, 2.75) is 32.0 Å².